The molecule has 0 amide bonds. The van der Waals surface area contributed by atoms with Crippen LogP contribution in [0.3, 0.4) is 0 Å². The van der Waals surface area contributed by atoms with Gasteiger partial charge in [0, 0.05) is 25.6 Å². The van der Waals surface area contributed by atoms with E-state index in [0.29, 0.717) is 18.2 Å². The maximum Gasteiger partial charge on any atom is 0.194 e. The first-order valence-corrected chi connectivity index (χ1v) is 8.57. The average molecular weight is 327 g/mol. The molecular formula is C19H25N3O2. The minimum absolute atomic E-state index is 0.294. The Hall–Kier alpha value is -2.27. The highest BCUT2D eigenvalue weighted by molar-refractivity contribution is 5.80. The molecule has 5 heteroatoms. The third-order valence-corrected chi connectivity index (χ3v) is 4.38. The first-order valence-electron chi connectivity index (χ1n) is 8.57. The second-order valence-corrected chi connectivity index (χ2v) is 6.07. The van der Waals surface area contributed by atoms with Crippen molar-refractivity contribution in [2.75, 3.05) is 26.2 Å². The predicted octanol–water partition coefficient (Wildman–Crippen LogP) is 2.77. The highest BCUT2D eigenvalue weighted by Crippen LogP contribution is 2.27. The fourth-order valence-electron chi connectivity index (χ4n) is 3.12. The number of aliphatic imine (C=N–C) groups is 1. The molecule has 1 saturated heterocycles. The van der Waals surface area contributed by atoms with Gasteiger partial charge in [0.15, 0.2) is 5.96 Å². The van der Waals surface area contributed by atoms with Gasteiger partial charge >= 0.3 is 0 Å². The fourth-order valence-corrected chi connectivity index (χ4v) is 3.12. The Balaban J connectivity index is 1.64. The van der Waals surface area contributed by atoms with E-state index >= 15 is 0 Å². The van der Waals surface area contributed by atoms with Crippen LogP contribution in [0.1, 0.15) is 36.7 Å². The summed E-state index contributed by atoms with van der Waals surface area (Å²) in [6, 6.07) is 14.2. The lowest BCUT2D eigenvalue weighted by Crippen LogP contribution is -2.40. The molecule has 2 N–H and O–H groups in total. The van der Waals surface area contributed by atoms with Crippen LogP contribution in [0, 0.1) is 0 Å². The lowest BCUT2D eigenvalue weighted by atomic mass is 9.99. The third-order valence-electron chi connectivity index (χ3n) is 4.38. The van der Waals surface area contributed by atoms with Crippen LogP contribution in [0.25, 0.3) is 0 Å². The Kier molecular flexibility index (Phi) is 5.54. The van der Waals surface area contributed by atoms with Crippen LogP contribution >= 0.6 is 0 Å². The molecule has 0 spiro atoms. The van der Waals surface area contributed by atoms with Gasteiger partial charge in [-0.2, -0.15) is 0 Å². The van der Waals surface area contributed by atoms with Crippen LogP contribution in [0.2, 0.25) is 0 Å². The van der Waals surface area contributed by atoms with Crippen LogP contribution in [-0.4, -0.2) is 42.1 Å². The summed E-state index contributed by atoms with van der Waals surface area (Å²) in [4.78, 5) is 6.87. The normalized spacial score (nSPS) is 19.5. The van der Waals surface area contributed by atoms with E-state index in [0.717, 1.165) is 32.0 Å². The number of aliphatic hydroxyl groups is 1. The van der Waals surface area contributed by atoms with E-state index in [1.165, 1.54) is 5.56 Å². The number of hydrogen-bond donors (Lipinski definition) is 2. The molecule has 1 aliphatic rings. The lowest BCUT2D eigenvalue weighted by Gasteiger charge is -2.22. The summed E-state index contributed by atoms with van der Waals surface area (Å²) in [6.07, 6.45) is 1.98. The van der Waals surface area contributed by atoms with Gasteiger partial charge in [0.2, 0.25) is 0 Å². The van der Waals surface area contributed by atoms with Gasteiger partial charge in [0.05, 0.1) is 12.8 Å². The van der Waals surface area contributed by atoms with E-state index in [-0.39, 0.29) is 0 Å². The van der Waals surface area contributed by atoms with Crippen LogP contribution in [0.15, 0.2) is 58.1 Å². The Labute approximate surface area is 143 Å². The molecule has 2 atom stereocenters. The summed E-state index contributed by atoms with van der Waals surface area (Å²) < 4.78 is 5.23. The van der Waals surface area contributed by atoms with E-state index in [9.17, 15) is 5.11 Å². The van der Waals surface area contributed by atoms with Crippen molar-refractivity contribution >= 4 is 5.96 Å². The molecule has 3 rings (SSSR count). The van der Waals surface area contributed by atoms with Crippen LogP contribution in [0.5, 0.6) is 0 Å². The van der Waals surface area contributed by atoms with Crippen LogP contribution < -0.4 is 5.32 Å². The zero-order valence-corrected chi connectivity index (χ0v) is 14.1. The largest absolute Gasteiger partial charge is 0.467 e. The van der Waals surface area contributed by atoms with E-state index in [1.54, 1.807) is 18.4 Å². The number of hydrogen-bond acceptors (Lipinski definition) is 3. The quantitative estimate of drug-likeness (QED) is 0.655. The van der Waals surface area contributed by atoms with Crippen molar-refractivity contribution in [1.29, 1.82) is 0 Å². The van der Waals surface area contributed by atoms with E-state index < -0.39 is 6.10 Å². The summed E-state index contributed by atoms with van der Waals surface area (Å²) in [5.41, 5.74) is 1.38. The van der Waals surface area contributed by atoms with Gasteiger partial charge in [-0.25, -0.2) is 4.99 Å². The molecule has 0 aliphatic carbocycles. The van der Waals surface area contributed by atoms with Crippen molar-refractivity contribution in [2.45, 2.75) is 25.4 Å². The third kappa shape index (κ3) is 3.97. The number of furan rings is 1. The SMILES string of the molecule is CCNC(=NCC(O)c1ccco1)N1CCC(c2ccccc2)C1. The van der Waals surface area contributed by atoms with Crippen molar-refractivity contribution in [3.8, 4) is 0 Å². The van der Waals surface area contributed by atoms with Crippen molar-refractivity contribution in [3.63, 3.8) is 0 Å². The summed E-state index contributed by atoms with van der Waals surface area (Å²) in [5, 5.41) is 13.5. The maximum atomic E-state index is 10.2. The minimum atomic E-state index is -0.707. The van der Waals surface area contributed by atoms with Gasteiger partial charge in [-0.3, -0.25) is 0 Å². The van der Waals surface area contributed by atoms with Gasteiger partial charge in [0.1, 0.15) is 11.9 Å². The van der Waals surface area contributed by atoms with Crippen molar-refractivity contribution in [3.05, 3.63) is 60.1 Å². The number of nitrogens with one attached hydrogen (secondary N) is 1. The molecule has 1 aromatic carbocycles. The molecule has 0 saturated carbocycles. The van der Waals surface area contributed by atoms with E-state index in [1.807, 2.05) is 0 Å². The van der Waals surface area contributed by atoms with Crippen LogP contribution in [-0.2, 0) is 0 Å². The minimum Gasteiger partial charge on any atom is -0.467 e. The van der Waals surface area contributed by atoms with Gasteiger partial charge < -0.3 is 19.7 Å². The second-order valence-electron chi connectivity index (χ2n) is 6.07. The molecule has 2 unspecified atom stereocenters. The number of guanidine groups is 1. The maximum absolute atomic E-state index is 10.2. The fraction of sp³-hybridized carbons (Fsp3) is 0.421. The average Bonchev–Trinajstić information content (AvgIpc) is 3.30. The smallest absolute Gasteiger partial charge is 0.194 e. The summed E-state index contributed by atoms with van der Waals surface area (Å²) in [6.45, 7) is 5.09. The van der Waals surface area contributed by atoms with E-state index in [4.69, 9.17) is 4.42 Å². The monoisotopic (exact) mass is 327 g/mol. The Morgan fingerprint density at radius 2 is 2.17 bits per heavy atom. The Bertz CT molecular complexity index is 640. The molecular weight excluding hydrogens is 302 g/mol. The topological polar surface area (TPSA) is 61.0 Å². The Morgan fingerprint density at radius 1 is 1.33 bits per heavy atom. The highest BCUT2D eigenvalue weighted by atomic mass is 16.4. The standard InChI is InChI=1S/C19H25N3O2/c1-2-20-19(21-13-17(23)18-9-6-12-24-18)22-11-10-16(14-22)15-7-4-3-5-8-15/h3-9,12,16-17,23H,2,10-11,13-14H2,1H3,(H,20,21). The zero-order valence-electron chi connectivity index (χ0n) is 14.1. The molecule has 0 radical (unpaired) electrons. The van der Waals surface area contributed by atoms with Gasteiger partial charge in [0.25, 0.3) is 0 Å². The molecule has 1 fully saturated rings. The van der Waals surface area contributed by atoms with Gasteiger partial charge in [-0.15, -0.1) is 0 Å². The van der Waals surface area contributed by atoms with Crippen molar-refractivity contribution < 1.29 is 9.52 Å². The molecule has 1 aromatic heterocycles. The molecule has 1 aliphatic heterocycles. The van der Waals surface area contributed by atoms with Crippen molar-refractivity contribution in [2.24, 2.45) is 4.99 Å². The number of likely N-dealkylation sites (tertiary alicyclic amines) is 1. The predicted molar refractivity (Wildman–Crippen MR) is 95.0 cm³/mol. The van der Waals surface area contributed by atoms with Gasteiger partial charge in [-0.1, -0.05) is 30.3 Å². The first kappa shape index (κ1) is 16.6. The number of aliphatic hydroxyl groups excluding tert-OH is 1. The highest BCUT2D eigenvalue weighted by Gasteiger charge is 2.26. The van der Waals surface area contributed by atoms with E-state index in [2.05, 4.69) is 52.5 Å². The molecule has 24 heavy (non-hydrogen) atoms. The molecule has 2 heterocycles. The molecule has 128 valence electrons. The van der Waals surface area contributed by atoms with Crippen molar-refractivity contribution in [1.82, 2.24) is 10.2 Å². The molecule has 5 nitrogen and oxygen atoms in total. The first-order chi connectivity index (χ1) is 11.8. The number of rotatable bonds is 5. The summed E-state index contributed by atoms with van der Waals surface area (Å²) >= 11 is 0. The number of nitrogens with zero attached hydrogens (tertiary/aromatic N) is 2. The number of benzene rings is 1. The zero-order chi connectivity index (χ0) is 16.8. The van der Waals surface area contributed by atoms with Gasteiger partial charge in [-0.05, 0) is 31.0 Å². The summed E-state index contributed by atoms with van der Waals surface area (Å²) in [7, 11) is 0. The summed E-state index contributed by atoms with van der Waals surface area (Å²) in [5.74, 6) is 1.95. The molecule has 2 aromatic rings. The second kappa shape index (κ2) is 8.02. The van der Waals surface area contributed by atoms with Crippen LogP contribution in [0.4, 0.5) is 0 Å². The lowest BCUT2D eigenvalue weighted by molar-refractivity contribution is 0.158. The Morgan fingerprint density at radius 3 is 2.88 bits per heavy atom. The molecule has 0 bridgehead atoms.